The maximum absolute atomic E-state index is 5.49. The molecule has 0 aromatic heterocycles. The molecule has 0 saturated carbocycles. The van der Waals surface area contributed by atoms with E-state index in [4.69, 9.17) is 23.7 Å². The second-order valence-electron chi connectivity index (χ2n) is 6.36. The standard InChI is InChI=1S/C20H24O5S2.C2H7N/c1-21-14-7-6-12(8-15(14)22-2)20-26-11-18(27-20)13-9-16(23-3)19(25-5)17(10-13)24-4;1-3-2/h6-10,18,20H,11H2,1-5H3;3H,1-2H3. The van der Waals surface area contributed by atoms with E-state index in [0.29, 0.717) is 27.1 Å². The Morgan fingerprint density at radius 3 is 1.77 bits per heavy atom. The van der Waals surface area contributed by atoms with Crippen molar-refractivity contribution < 1.29 is 23.7 Å². The molecule has 0 aliphatic carbocycles. The van der Waals surface area contributed by atoms with Crippen molar-refractivity contribution in [3.05, 3.63) is 41.5 Å². The van der Waals surface area contributed by atoms with Gasteiger partial charge in [0.15, 0.2) is 23.0 Å². The monoisotopic (exact) mass is 453 g/mol. The van der Waals surface area contributed by atoms with Crippen LogP contribution < -0.4 is 29.0 Å². The van der Waals surface area contributed by atoms with Gasteiger partial charge in [-0.3, -0.25) is 0 Å². The van der Waals surface area contributed by atoms with Crippen molar-refractivity contribution in [2.45, 2.75) is 9.83 Å². The Balaban J connectivity index is 0.00000101. The van der Waals surface area contributed by atoms with E-state index in [1.165, 1.54) is 11.1 Å². The zero-order valence-electron chi connectivity index (χ0n) is 18.6. The van der Waals surface area contributed by atoms with Crippen LogP contribution in [0.5, 0.6) is 28.7 Å². The van der Waals surface area contributed by atoms with E-state index in [2.05, 4.69) is 17.4 Å². The maximum atomic E-state index is 5.49. The van der Waals surface area contributed by atoms with Crippen LogP contribution in [0.25, 0.3) is 0 Å². The number of hydrogen-bond acceptors (Lipinski definition) is 8. The Bertz CT molecular complexity index is 793. The molecule has 0 spiro atoms. The number of thioether (sulfide) groups is 2. The van der Waals surface area contributed by atoms with Gasteiger partial charge in [0.05, 0.1) is 40.1 Å². The predicted octanol–water partition coefficient (Wildman–Crippen LogP) is 4.79. The van der Waals surface area contributed by atoms with Gasteiger partial charge < -0.3 is 29.0 Å². The molecule has 2 atom stereocenters. The minimum atomic E-state index is 0.328. The maximum Gasteiger partial charge on any atom is 0.203 e. The van der Waals surface area contributed by atoms with E-state index in [9.17, 15) is 0 Å². The van der Waals surface area contributed by atoms with Crippen molar-refractivity contribution >= 4 is 23.5 Å². The summed E-state index contributed by atoms with van der Waals surface area (Å²) in [5.41, 5.74) is 2.39. The lowest BCUT2D eigenvalue weighted by Gasteiger charge is -2.17. The molecule has 30 heavy (non-hydrogen) atoms. The van der Waals surface area contributed by atoms with Gasteiger partial charge in [0.25, 0.3) is 0 Å². The van der Waals surface area contributed by atoms with E-state index in [0.717, 1.165) is 17.3 Å². The summed E-state index contributed by atoms with van der Waals surface area (Å²) in [5.74, 6) is 4.50. The van der Waals surface area contributed by atoms with Gasteiger partial charge in [0.2, 0.25) is 5.75 Å². The number of hydrogen-bond donors (Lipinski definition) is 1. The molecule has 1 N–H and O–H groups in total. The van der Waals surface area contributed by atoms with E-state index in [1.54, 1.807) is 35.5 Å². The van der Waals surface area contributed by atoms with Crippen LogP contribution in [0, 0.1) is 0 Å². The summed E-state index contributed by atoms with van der Waals surface area (Å²) in [7, 11) is 12.0. The predicted molar refractivity (Wildman–Crippen MR) is 126 cm³/mol. The second-order valence-corrected chi connectivity index (χ2v) is 9.11. The van der Waals surface area contributed by atoms with Crippen LogP contribution in [0.15, 0.2) is 30.3 Å². The first-order valence-corrected chi connectivity index (χ1v) is 11.4. The number of benzene rings is 2. The molecule has 8 heteroatoms. The summed E-state index contributed by atoms with van der Waals surface area (Å²) < 4.78 is 27.5. The van der Waals surface area contributed by atoms with Crippen molar-refractivity contribution in [1.29, 1.82) is 0 Å². The van der Waals surface area contributed by atoms with Crippen LogP contribution in [0.1, 0.15) is 21.0 Å². The Kier molecular flexibility index (Phi) is 9.81. The van der Waals surface area contributed by atoms with Gasteiger partial charge in [-0.05, 0) is 49.5 Å². The molecular formula is C22H31NO5S2. The normalized spacial score (nSPS) is 17.6. The van der Waals surface area contributed by atoms with Crippen molar-refractivity contribution in [2.75, 3.05) is 55.4 Å². The third-order valence-corrected chi connectivity index (χ3v) is 7.77. The minimum Gasteiger partial charge on any atom is -0.493 e. The first kappa shape index (κ1) is 24.4. The van der Waals surface area contributed by atoms with Crippen LogP contribution in [0.2, 0.25) is 0 Å². The SMILES string of the molecule is CNC.COc1ccc(C2SCC(c3cc(OC)c(OC)c(OC)c3)S2)cc1OC. The third kappa shape index (κ3) is 5.62. The molecule has 1 aliphatic heterocycles. The molecule has 1 fully saturated rings. The molecule has 6 nitrogen and oxygen atoms in total. The molecule has 2 aromatic rings. The average Bonchev–Trinajstić information content (AvgIpc) is 3.28. The molecule has 0 radical (unpaired) electrons. The summed E-state index contributed by atoms with van der Waals surface area (Å²) in [6, 6.07) is 10.2. The van der Waals surface area contributed by atoms with Crippen molar-refractivity contribution in [1.82, 2.24) is 5.32 Å². The number of rotatable bonds is 7. The van der Waals surface area contributed by atoms with Crippen molar-refractivity contribution in [3.8, 4) is 28.7 Å². The molecule has 0 bridgehead atoms. The Morgan fingerprint density at radius 1 is 0.733 bits per heavy atom. The van der Waals surface area contributed by atoms with Gasteiger partial charge in [-0.1, -0.05) is 6.07 Å². The fourth-order valence-electron chi connectivity index (χ4n) is 3.04. The fraction of sp³-hybridized carbons (Fsp3) is 0.455. The summed E-state index contributed by atoms with van der Waals surface area (Å²) in [6.45, 7) is 0. The molecule has 0 amide bonds. The van der Waals surface area contributed by atoms with Crippen molar-refractivity contribution in [2.24, 2.45) is 0 Å². The molecule has 1 aliphatic rings. The minimum absolute atomic E-state index is 0.328. The van der Waals surface area contributed by atoms with E-state index >= 15 is 0 Å². The molecule has 2 unspecified atom stereocenters. The third-order valence-electron chi connectivity index (χ3n) is 4.43. The molecule has 1 heterocycles. The topological polar surface area (TPSA) is 58.2 Å². The lowest BCUT2D eigenvalue weighted by molar-refractivity contribution is 0.324. The van der Waals surface area contributed by atoms with Crippen LogP contribution in [-0.4, -0.2) is 55.4 Å². The van der Waals surface area contributed by atoms with Gasteiger partial charge in [-0.15, -0.1) is 23.5 Å². The smallest absolute Gasteiger partial charge is 0.203 e. The highest BCUT2D eigenvalue weighted by atomic mass is 32.2. The fourth-order valence-corrected chi connectivity index (χ4v) is 6.32. The quantitative estimate of drug-likeness (QED) is 0.642. The highest BCUT2D eigenvalue weighted by molar-refractivity contribution is 8.19. The largest absolute Gasteiger partial charge is 0.493 e. The number of methoxy groups -OCH3 is 5. The highest BCUT2D eigenvalue weighted by Gasteiger charge is 2.30. The van der Waals surface area contributed by atoms with Crippen molar-refractivity contribution in [3.63, 3.8) is 0 Å². The summed E-state index contributed by atoms with van der Waals surface area (Å²) >= 11 is 3.84. The summed E-state index contributed by atoms with van der Waals surface area (Å²) in [6.07, 6.45) is 0. The van der Waals surface area contributed by atoms with Crippen LogP contribution >= 0.6 is 23.5 Å². The van der Waals surface area contributed by atoms with Gasteiger partial charge in [-0.2, -0.15) is 0 Å². The molecule has 1 saturated heterocycles. The van der Waals surface area contributed by atoms with E-state index < -0.39 is 0 Å². The van der Waals surface area contributed by atoms with Gasteiger partial charge in [-0.25, -0.2) is 0 Å². The van der Waals surface area contributed by atoms with E-state index in [1.807, 2.05) is 55.8 Å². The zero-order valence-corrected chi connectivity index (χ0v) is 20.2. The van der Waals surface area contributed by atoms with Crippen LogP contribution in [-0.2, 0) is 0 Å². The first-order chi connectivity index (χ1) is 14.6. The summed E-state index contributed by atoms with van der Waals surface area (Å²) in [4.78, 5) is 0. The van der Waals surface area contributed by atoms with Gasteiger partial charge in [0, 0.05) is 11.0 Å². The molecule has 2 aromatic carbocycles. The highest BCUT2D eigenvalue weighted by Crippen LogP contribution is 2.57. The molecular weight excluding hydrogens is 422 g/mol. The van der Waals surface area contributed by atoms with Gasteiger partial charge >= 0.3 is 0 Å². The second kappa shape index (κ2) is 12.1. The lowest BCUT2D eigenvalue weighted by Crippen LogP contribution is -1.99. The number of nitrogens with one attached hydrogen (secondary N) is 1. The Labute approximate surface area is 188 Å². The molecule has 166 valence electrons. The van der Waals surface area contributed by atoms with Crippen LogP contribution in [0.4, 0.5) is 0 Å². The Morgan fingerprint density at radius 2 is 1.27 bits per heavy atom. The zero-order chi connectivity index (χ0) is 22.1. The van der Waals surface area contributed by atoms with Crippen LogP contribution in [0.3, 0.4) is 0 Å². The molecule has 3 rings (SSSR count). The summed E-state index contributed by atoms with van der Waals surface area (Å²) in [5, 5.41) is 3.09. The van der Waals surface area contributed by atoms with E-state index in [-0.39, 0.29) is 0 Å². The average molecular weight is 454 g/mol. The Hall–Kier alpha value is -1.90. The lowest BCUT2D eigenvalue weighted by atomic mass is 10.1. The van der Waals surface area contributed by atoms with Gasteiger partial charge in [0.1, 0.15) is 0 Å². The number of ether oxygens (including phenoxy) is 5. The first-order valence-electron chi connectivity index (χ1n) is 9.44.